The van der Waals surface area contributed by atoms with E-state index in [9.17, 15) is 0 Å². The molecular formula is C15H18ClN3. The van der Waals surface area contributed by atoms with Gasteiger partial charge in [0.25, 0.3) is 0 Å². The molecule has 0 aliphatic heterocycles. The van der Waals surface area contributed by atoms with Crippen LogP contribution in [-0.2, 0) is 0 Å². The Kier molecular flexibility index (Phi) is 4.05. The Bertz CT molecular complexity index is 553. The lowest BCUT2D eigenvalue weighted by Crippen LogP contribution is -2.30. The highest BCUT2D eigenvalue weighted by Gasteiger charge is 2.16. The Labute approximate surface area is 119 Å². The van der Waals surface area contributed by atoms with Gasteiger partial charge in [-0.15, -0.1) is 0 Å². The Hall–Kier alpha value is -1.61. The van der Waals surface area contributed by atoms with Crippen molar-refractivity contribution in [3.63, 3.8) is 0 Å². The monoisotopic (exact) mass is 275 g/mol. The molecule has 0 atom stereocenters. The van der Waals surface area contributed by atoms with Gasteiger partial charge in [-0.05, 0) is 20.3 Å². The Balaban J connectivity index is 2.35. The second kappa shape index (κ2) is 5.57. The van der Waals surface area contributed by atoms with Gasteiger partial charge in [0.15, 0.2) is 5.82 Å². The molecule has 100 valence electrons. The van der Waals surface area contributed by atoms with Gasteiger partial charge in [0.2, 0.25) is 0 Å². The van der Waals surface area contributed by atoms with E-state index >= 15 is 0 Å². The van der Waals surface area contributed by atoms with Crippen molar-refractivity contribution in [2.24, 2.45) is 0 Å². The zero-order chi connectivity index (χ0) is 13.9. The van der Waals surface area contributed by atoms with Crippen LogP contribution in [0.25, 0.3) is 11.4 Å². The average molecular weight is 276 g/mol. The van der Waals surface area contributed by atoms with E-state index in [0.29, 0.717) is 11.0 Å². The number of nitrogens with one attached hydrogen (secondary N) is 1. The highest BCUT2D eigenvalue weighted by Crippen LogP contribution is 2.23. The fraction of sp³-hybridized carbons (Fsp3) is 0.333. The van der Waals surface area contributed by atoms with Crippen LogP contribution < -0.4 is 5.32 Å². The summed E-state index contributed by atoms with van der Waals surface area (Å²) < 4.78 is 0. The van der Waals surface area contributed by atoms with Gasteiger partial charge in [0.1, 0.15) is 11.0 Å². The van der Waals surface area contributed by atoms with Crippen LogP contribution in [0.5, 0.6) is 0 Å². The minimum Gasteiger partial charge on any atom is -0.365 e. The number of hydrogen-bond donors (Lipinski definition) is 1. The lowest BCUT2D eigenvalue weighted by atomic mass is 10.0. The molecule has 0 bridgehead atoms. The molecule has 0 saturated carbocycles. The van der Waals surface area contributed by atoms with E-state index in [1.54, 1.807) is 6.07 Å². The van der Waals surface area contributed by atoms with Crippen LogP contribution >= 0.6 is 11.6 Å². The van der Waals surface area contributed by atoms with E-state index in [1.165, 1.54) is 0 Å². The summed E-state index contributed by atoms with van der Waals surface area (Å²) in [5.41, 5.74) is 0.938. The normalized spacial score (nSPS) is 11.4. The quantitative estimate of drug-likeness (QED) is 0.841. The summed E-state index contributed by atoms with van der Waals surface area (Å²) in [5.74, 6) is 1.40. The number of anilines is 1. The van der Waals surface area contributed by atoms with Crippen molar-refractivity contribution in [1.82, 2.24) is 9.97 Å². The van der Waals surface area contributed by atoms with Crippen LogP contribution in [-0.4, -0.2) is 15.5 Å². The van der Waals surface area contributed by atoms with E-state index < -0.39 is 0 Å². The molecule has 19 heavy (non-hydrogen) atoms. The van der Waals surface area contributed by atoms with E-state index in [4.69, 9.17) is 11.6 Å². The fourth-order valence-electron chi connectivity index (χ4n) is 1.63. The number of aromatic nitrogens is 2. The zero-order valence-electron chi connectivity index (χ0n) is 11.4. The molecule has 1 heterocycles. The lowest BCUT2D eigenvalue weighted by molar-refractivity contribution is 0.545. The highest BCUT2D eigenvalue weighted by atomic mass is 35.5. The molecule has 2 aromatic rings. The first kappa shape index (κ1) is 13.8. The average Bonchev–Trinajstić information content (AvgIpc) is 2.38. The number of benzene rings is 1. The third kappa shape index (κ3) is 3.67. The van der Waals surface area contributed by atoms with Crippen LogP contribution in [0.15, 0.2) is 36.4 Å². The van der Waals surface area contributed by atoms with Crippen LogP contribution in [0.1, 0.15) is 27.2 Å². The van der Waals surface area contributed by atoms with Crippen molar-refractivity contribution in [3.05, 3.63) is 41.6 Å². The number of rotatable bonds is 4. The van der Waals surface area contributed by atoms with Gasteiger partial charge in [-0.25, -0.2) is 9.97 Å². The maximum Gasteiger partial charge on any atom is 0.163 e. The largest absolute Gasteiger partial charge is 0.365 e. The summed E-state index contributed by atoms with van der Waals surface area (Å²) >= 11 is 6.08. The van der Waals surface area contributed by atoms with E-state index in [1.807, 2.05) is 30.3 Å². The highest BCUT2D eigenvalue weighted by molar-refractivity contribution is 6.29. The second-order valence-corrected chi connectivity index (χ2v) is 5.52. The number of halogens is 1. The molecule has 0 amide bonds. The summed E-state index contributed by atoms with van der Waals surface area (Å²) in [6.07, 6.45) is 0.995. The lowest BCUT2D eigenvalue weighted by Gasteiger charge is -2.25. The predicted octanol–water partition coefficient (Wildman–Crippen LogP) is 4.40. The molecule has 1 aromatic carbocycles. The summed E-state index contributed by atoms with van der Waals surface area (Å²) in [7, 11) is 0. The number of nitrogens with zero attached hydrogens (tertiary/aromatic N) is 2. The molecule has 0 fully saturated rings. The molecule has 2 rings (SSSR count). The minimum absolute atomic E-state index is 0.0222. The molecule has 0 radical (unpaired) electrons. The minimum atomic E-state index is -0.0222. The standard InChI is InChI=1S/C15H18ClN3/c1-4-15(2,3)19-13-10-12(16)17-14(18-13)11-8-6-5-7-9-11/h5-10H,4H2,1-3H3,(H,17,18,19). The Morgan fingerprint density at radius 1 is 1.16 bits per heavy atom. The zero-order valence-corrected chi connectivity index (χ0v) is 12.2. The molecule has 3 nitrogen and oxygen atoms in total. The molecule has 1 N–H and O–H groups in total. The first-order valence-corrected chi connectivity index (χ1v) is 6.76. The van der Waals surface area contributed by atoms with Crippen molar-refractivity contribution in [2.45, 2.75) is 32.7 Å². The van der Waals surface area contributed by atoms with Crippen LogP contribution in [0.2, 0.25) is 5.15 Å². The first-order chi connectivity index (χ1) is 9.00. The smallest absolute Gasteiger partial charge is 0.163 e. The van der Waals surface area contributed by atoms with Crippen molar-refractivity contribution in [2.75, 3.05) is 5.32 Å². The Morgan fingerprint density at radius 3 is 2.47 bits per heavy atom. The second-order valence-electron chi connectivity index (χ2n) is 5.13. The van der Waals surface area contributed by atoms with Gasteiger partial charge in [-0.3, -0.25) is 0 Å². The maximum atomic E-state index is 6.08. The van der Waals surface area contributed by atoms with Crippen LogP contribution in [0.4, 0.5) is 5.82 Å². The maximum absolute atomic E-state index is 6.08. The van der Waals surface area contributed by atoms with Crippen LogP contribution in [0, 0.1) is 0 Å². The third-order valence-electron chi connectivity index (χ3n) is 3.08. The summed E-state index contributed by atoms with van der Waals surface area (Å²) in [6.45, 7) is 6.39. The molecular weight excluding hydrogens is 258 g/mol. The van der Waals surface area contributed by atoms with Crippen molar-refractivity contribution >= 4 is 17.4 Å². The molecule has 0 spiro atoms. The third-order valence-corrected chi connectivity index (χ3v) is 3.27. The molecule has 0 aliphatic rings. The summed E-state index contributed by atoms with van der Waals surface area (Å²) in [6, 6.07) is 11.6. The summed E-state index contributed by atoms with van der Waals surface area (Å²) in [4.78, 5) is 8.80. The molecule has 0 unspecified atom stereocenters. The van der Waals surface area contributed by atoms with Gasteiger partial charge in [-0.1, -0.05) is 48.9 Å². The number of hydrogen-bond acceptors (Lipinski definition) is 3. The summed E-state index contributed by atoms with van der Waals surface area (Å²) in [5, 5.41) is 3.83. The molecule has 0 saturated heterocycles. The first-order valence-electron chi connectivity index (χ1n) is 6.38. The van der Waals surface area contributed by atoms with Crippen molar-refractivity contribution in [3.8, 4) is 11.4 Å². The molecule has 4 heteroatoms. The topological polar surface area (TPSA) is 37.8 Å². The van der Waals surface area contributed by atoms with Gasteiger partial charge >= 0.3 is 0 Å². The predicted molar refractivity (Wildman–Crippen MR) is 80.5 cm³/mol. The van der Waals surface area contributed by atoms with Gasteiger partial charge in [0, 0.05) is 17.2 Å². The molecule has 0 aliphatic carbocycles. The van der Waals surface area contributed by atoms with Gasteiger partial charge in [-0.2, -0.15) is 0 Å². The fourth-order valence-corrected chi connectivity index (χ4v) is 1.82. The Morgan fingerprint density at radius 2 is 1.84 bits per heavy atom. The van der Waals surface area contributed by atoms with Crippen molar-refractivity contribution < 1.29 is 0 Å². The van der Waals surface area contributed by atoms with E-state index in [0.717, 1.165) is 17.8 Å². The van der Waals surface area contributed by atoms with Gasteiger partial charge in [0.05, 0.1) is 0 Å². The van der Waals surface area contributed by atoms with E-state index in [2.05, 4.69) is 36.1 Å². The van der Waals surface area contributed by atoms with Crippen molar-refractivity contribution in [1.29, 1.82) is 0 Å². The SMILES string of the molecule is CCC(C)(C)Nc1cc(Cl)nc(-c2ccccc2)n1. The van der Waals surface area contributed by atoms with Crippen LogP contribution in [0.3, 0.4) is 0 Å². The van der Waals surface area contributed by atoms with E-state index in [-0.39, 0.29) is 5.54 Å². The van der Waals surface area contributed by atoms with Gasteiger partial charge < -0.3 is 5.32 Å². The molecule has 1 aromatic heterocycles.